The topological polar surface area (TPSA) is 54.5 Å². The van der Waals surface area contributed by atoms with Crippen molar-refractivity contribution < 1.29 is 17.6 Å². The van der Waals surface area contributed by atoms with Crippen molar-refractivity contribution in [3.05, 3.63) is 35.6 Å². The SMILES string of the molecule is CS(=O)(=O)C1CN(C(=O)C2(Cc3cccc(F)c3)CC2)C1. The van der Waals surface area contributed by atoms with Gasteiger partial charge in [-0.3, -0.25) is 4.79 Å². The van der Waals surface area contributed by atoms with Gasteiger partial charge in [0, 0.05) is 19.3 Å². The van der Waals surface area contributed by atoms with Crippen molar-refractivity contribution >= 4 is 15.7 Å². The van der Waals surface area contributed by atoms with Crippen molar-refractivity contribution in [2.75, 3.05) is 19.3 Å². The molecule has 1 amide bonds. The maximum Gasteiger partial charge on any atom is 0.229 e. The first kappa shape index (κ1) is 14.5. The van der Waals surface area contributed by atoms with Gasteiger partial charge in [0.2, 0.25) is 5.91 Å². The van der Waals surface area contributed by atoms with Crippen LogP contribution in [0.25, 0.3) is 0 Å². The number of nitrogens with zero attached hydrogens (tertiary/aromatic N) is 1. The molecule has 114 valence electrons. The number of benzene rings is 1. The molecule has 3 rings (SSSR count). The zero-order valence-corrected chi connectivity index (χ0v) is 12.7. The quantitative estimate of drug-likeness (QED) is 0.845. The highest BCUT2D eigenvalue weighted by molar-refractivity contribution is 7.91. The molecule has 2 fully saturated rings. The second kappa shape index (κ2) is 4.80. The summed E-state index contributed by atoms with van der Waals surface area (Å²) < 4.78 is 36.0. The average molecular weight is 311 g/mol. The number of carbonyl (C=O) groups excluding carboxylic acids is 1. The second-order valence-electron chi connectivity index (χ2n) is 6.25. The lowest BCUT2D eigenvalue weighted by atomic mass is 9.93. The highest BCUT2D eigenvalue weighted by Crippen LogP contribution is 2.50. The van der Waals surface area contributed by atoms with Crippen molar-refractivity contribution in [1.29, 1.82) is 0 Å². The molecule has 4 nitrogen and oxygen atoms in total. The highest BCUT2D eigenvalue weighted by Gasteiger charge is 2.54. The summed E-state index contributed by atoms with van der Waals surface area (Å²) in [6, 6.07) is 6.32. The molecule has 1 saturated carbocycles. The van der Waals surface area contributed by atoms with Gasteiger partial charge in [-0.25, -0.2) is 12.8 Å². The molecule has 0 bridgehead atoms. The summed E-state index contributed by atoms with van der Waals surface area (Å²) in [6.07, 6.45) is 3.33. The van der Waals surface area contributed by atoms with Crippen LogP contribution in [-0.2, 0) is 21.1 Å². The highest BCUT2D eigenvalue weighted by atomic mass is 32.2. The van der Waals surface area contributed by atoms with Crippen molar-refractivity contribution in [3.8, 4) is 0 Å². The standard InChI is InChI=1S/C15H18FNO3S/c1-21(19,20)13-9-17(10-13)14(18)15(5-6-15)8-11-3-2-4-12(16)7-11/h2-4,7,13H,5-6,8-10H2,1H3. The van der Waals surface area contributed by atoms with E-state index in [1.807, 2.05) is 6.07 Å². The summed E-state index contributed by atoms with van der Waals surface area (Å²) in [4.78, 5) is 14.1. The first-order valence-electron chi connectivity index (χ1n) is 7.03. The molecule has 1 heterocycles. The number of carbonyl (C=O) groups is 1. The molecule has 2 aliphatic rings. The van der Waals surface area contributed by atoms with E-state index < -0.39 is 20.5 Å². The van der Waals surface area contributed by atoms with Gasteiger partial charge in [-0.15, -0.1) is 0 Å². The number of hydrogen-bond donors (Lipinski definition) is 0. The molecule has 6 heteroatoms. The minimum Gasteiger partial charge on any atom is -0.339 e. The van der Waals surface area contributed by atoms with Crippen LogP contribution in [0.1, 0.15) is 18.4 Å². The zero-order valence-electron chi connectivity index (χ0n) is 11.9. The Bertz CT molecular complexity index is 676. The van der Waals surface area contributed by atoms with E-state index in [1.165, 1.54) is 18.4 Å². The number of rotatable bonds is 4. The molecular formula is C15H18FNO3S. The van der Waals surface area contributed by atoms with Crippen LogP contribution in [-0.4, -0.2) is 43.8 Å². The Labute approximate surface area is 123 Å². The van der Waals surface area contributed by atoms with Gasteiger partial charge in [0.25, 0.3) is 0 Å². The number of sulfone groups is 1. The van der Waals surface area contributed by atoms with E-state index in [1.54, 1.807) is 11.0 Å². The minimum atomic E-state index is -3.07. The maximum absolute atomic E-state index is 13.2. The average Bonchev–Trinajstić information content (AvgIpc) is 3.06. The minimum absolute atomic E-state index is 0.0201. The zero-order chi connectivity index (χ0) is 15.3. The molecular weight excluding hydrogens is 293 g/mol. The van der Waals surface area contributed by atoms with Crippen molar-refractivity contribution in [3.63, 3.8) is 0 Å². The Morgan fingerprint density at radius 1 is 1.38 bits per heavy atom. The van der Waals surface area contributed by atoms with Gasteiger partial charge < -0.3 is 4.90 Å². The van der Waals surface area contributed by atoms with Crippen LogP contribution >= 0.6 is 0 Å². The summed E-state index contributed by atoms with van der Waals surface area (Å²) >= 11 is 0. The summed E-state index contributed by atoms with van der Waals surface area (Å²) in [6.45, 7) is 0.588. The third-order valence-electron chi connectivity index (χ3n) is 4.48. The van der Waals surface area contributed by atoms with Crippen LogP contribution in [0.3, 0.4) is 0 Å². The molecule has 0 spiro atoms. The van der Waals surface area contributed by atoms with E-state index in [0.717, 1.165) is 18.4 Å². The Kier molecular flexibility index (Phi) is 3.31. The van der Waals surface area contributed by atoms with Crippen LogP contribution in [0.4, 0.5) is 4.39 Å². The van der Waals surface area contributed by atoms with Gasteiger partial charge in [0.15, 0.2) is 9.84 Å². The predicted octanol–water partition coefficient (Wildman–Crippen LogP) is 1.40. The van der Waals surface area contributed by atoms with Crippen LogP contribution in [0.2, 0.25) is 0 Å². The molecule has 0 atom stereocenters. The summed E-state index contributed by atoms with van der Waals surface area (Å²) in [5.74, 6) is -0.275. The van der Waals surface area contributed by atoms with E-state index >= 15 is 0 Å². The number of likely N-dealkylation sites (tertiary alicyclic amines) is 1. The van der Waals surface area contributed by atoms with Gasteiger partial charge in [0.1, 0.15) is 5.82 Å². The van der Waals surface area contributed by atoms with E-state index in [9.17, 15) is 17.6 Å². The molecule has 1 saturated heterocycles. The van der Waals surface area contributed by atoms with E-state index in [2.05, 4.69) is 0 Å². The Morgan fingerprint density at radius 2 is 2.05 bits per heavy atom. The summed E-state index contributed by atoms with van der Waals surface area (Å²) in [5.41, 5.74) is 0.386. The number of hydrogen-bond acceptors (Lipinski definition) is 3. The van der Waals surface area contributed by atoms with Gasteiger partial charge in [-0.2, -0.15) is 0 Å². The Balaban J connectivity index is 1.66. The Hall–Kier alpha value is -1.43. The van der Waals surface area contributed by atoms with Gasteiger partial charge >= 0.3 is 0 Å². The molecule has 0 N–H and O–H groups in total. The lowest BCUT2D eigenvalue weighted by molar-refractivity contribution is -0.140. The van der Waals surface area contributed by atoms with E-state index in [-0.39, 0.29) is 11.7 Å². The largest absolute Gasteiger partial charge is 0.339 e. The van der Waals surface area contributed by atoms with Crippen molar-refractivity contribution in [2.45, 2.75) is 24.5 Å². The van der Waals surface area contributed by atoms with Crippen molar-refractivity contribution in [1.82, 2.24) is 4.90 Å². The van der Waals surface area contributed by atoms with Gasteiger partial charge in [0.05, 0.1) is 10.7 Å². The molecule has 1 aromatic carbocycles. The number of amides is 1. The molecule has 0 aromatic heterocycles. The fraction of sp³-hybridized carbons (Fsp3) is 0.533. The monoisotopic (exact) mass is 311 g/mol. The number of halogens is 1. The van der Waals surface area contributed by atoms with E-state index in [4.69, 9.17) is 0 Å². The van der Waals surface area contributed by atoms with Crippen LogP contribution in [0.5, 0.6) is 0 Å². The lowest BCUT2D eigenvalue weighted by Crippen LogP contribution is -2.58. The van der Waals surface area contributed by atoms with Crippen LogP contribution in [0, 0.1) is 11.2 Å². The molecule has 1 aliphatic heterocycles. The third-order valence-corrected chi connectivity index (χ3v) is 5.99. The molecule has 1 aromatic rings. The van der Waals surface area contributed by atoms with Crippen LogP contribution < -0.4 is 0 Å². The fourth-order valence-electron chi connectivity index (χ4n) is 2.86. The van der Waals surface area contributed by atoms with Crippen molar-refractivity contribution in [2.24, 2.45) is 5.41 Å². The molecule has 0 unspecified atom stereocenters. The third kappa shape index (κ3) is 2.81. The molecule has 1 aliphatic carbocycles. The lowest BCUT2D eigenvalue weighted by Gasteiger charge is -2.40. The summed E-state index contributed by atoms with van der Waals surface area (Å²) in [5, 5.41) is -0.425. The Morgan fingerprint density at radius 3 is 2.57 bits per heavy atom. The first-order chi connectivity index (χ1) is 9.80. The van der Waals surface area contributed by atoms with E-state index in [0.29, 0.717) is 19.5 Å². The fourth-order valence-corrected chi connectivity index (χ4v) is 3.77. The van der Waals surface area contributed by atoms with Crippen LogP contribution in [0.15, 0.2) is 24.3 Å². The smallest absolute Gasteiger partial charge is 0.229 e. The normalized spacial score (nSPS) is 21.0. The maximum atomic E-state index is 13.2. The molecule has 21 heavy (non-hydrogen) atoms. The second-order valence-corrected chi connectivity index (χ2v) is 8.57. The first-order valence-corrected chi connectivity index (χ1v) is 8.98. The van der Waals surface area contributed by atoms with Gasteiger partial charge in [-0.05, 0) is 37.0 Å². The summed E-state index contributed by atoms with van der Waals surface area (Å²) in [7, 11) is -3.07. The molecule has 0 radical (unpaired) electrons. The predicted molar refractivity (Wildman–Crippen MR) is 77.0 cm³/mol. The van der Waals surface area contributed by atoms with Gasteiger partial charge in [-0.1, -0.05) is 12.1 Å².